The number of nitrogens with one attached hydrogen (secondary N) is 2. The molecule has 5 rings (SSSR count). The average Bonchev–Trinajstić information content (AvgIpc) is 2.90. The molecule has 0 spiro atoms. The Morgan fingerprint density at radius 2 is 1.73 bits per heavy atom. The second kappa shape index (κ2) is 10.7. The van der Waals surface area contributed by atoms with Crippen LogP contribution in [0.2, 0.25) is 5.02 Å². The van der Waals surface area contributed by atoms with Crippen molar-refractivity contribution in [3.8, 4) is 11.1 Å². The Morgan fingerprint density at radius 3 is 2.43 bits per heavy atom. The number of anilines is 2. The minimum absolute atomic E-state index is 0.0452. The maximum atomic E-state index is 12.8. The summed E-state index contributed by atoms with van der Waals surface area (Å²) >= 11 is 6.08. The maximum absolute atomic E-state index is 12.8. The van der Waals surface area contributed by atoms with E-state index in [1.807, 2.05) is 18.3 Å². The second-order valence-electron chi connectivity index (χ2n) is 9.49. The summed E-state index contributed by atoms with van der Waals surface area (Å²) in [4.78, 5) is 9.47. The van der Waals surface area contributed by atoms with Gasteiger partial charge >= 0.3 is 0 Å². The summed E-state index contributed by atoms with van der Waals surface area (Å²) in [5.74, 6) is 0.658. The molecule has 0 radical (unpaired) electrons. The van der Waals surface area contributed by atoms with Gasteiger partial charge in [-0.05, 0) is 85.2 Å². The predicted octanol–water partition coefficient (Wildman–Crippen LogP) is 6.00. The zero-order chi connectivity index (χ0) is 26.0. The van der Waals surface area contributed by atoms with E-state index in [4.69, 9.17) is 22.3 Å². The molecule has 1 aromatic heterocycles. The molecule has 0 amide bonds. The van der Waals surface area contributed by atoms with Gasteiger partial charge in [-0.15, -0.1) is 0 Å². The first kappa shape index (κ1) is 25.4. The molecule has 4 aromatic rings. The molecule has 37 heavy (non-hydrogen) atoms. The third kappa shape index (κ3) is 5.71. The van der Waals surface area contributed by atoms with Gasteiger partial charge in [-0.3, -0.25) is 4.72 Å². The van der Waals surface area contributed by atoms with Crippen molar-refractivity contribution in [1.29, 1.82) is 0 Å². The van der Waals surface area contributed by atoms with Crippen LogP contribution in [0, 0.1) is 0 Å². The van der Waals surface area contributed by atoms with Gasteiger partial charge in [0, 0.05) is 29.4 Å². The van der Waals surface area contributed by atoms with Gasteiger partial charge in [0.2, 0.25) is 5.95 Å². The number of hydrogen-bond donors (Lipinski definition) is 3. The molecule has 7 nitrogen and oxygen atoms in total. The summed E-state index contributed by atoms with van der Waals surface area (Å²) in [6.07, 6.45) is 6.81. The molecule has 1 aliphatic carbocycles. The van der Waals surface area contributed by atoms with E-state index >= 15 is 0 Å². The number of sulfonamides is 1. The number of nitrogens with two attached hydrogens (primary N) is 1. The predicted molar refractivity (Wildman–Crippen MR) is 150 cm³/mol. The number of rotatable bonds is 7. The monoisotopic (exact) mass is 535 g/mol. The third-order valence-electron chi connectivity index (χ3n) is 6.84. The SMILES string of the molecule is CCc1cc(-c2ccc(NS(=O)(=O)c3ccccc3Cl)cc2)cc2cnc(NC3CCC(N)CC3)nc12. The van der Waals surface area contributed by atoms with E-state index in [1.165, 1.54) is 6.07 Å². The maximum Gasteiger partial charge on any atom is 0.263 e. The van der Waals surface area contributed by atoms with Crippen LogP contribution in [-0.2, 0) is 16.4 Å². The molecule has 4 N–H and O–H groups in total. The Balaban J connectivity index is 1.37. The number of fused-ring (bicyclic) bond motifs is 1. The Hall–Kier alpha value is -3.20. The first-order chi connectivity index (χ1) is 17.8. The van der Waals surface area contributed by atoms with Crippen molar-refractivity contribution in [2.24, 2.45) is 5.73 Å². The van der Waals surface area contributed by atoms with Gasteiger partial charge < -0.3 is 11.1 Å². The first-order valence-corrected chi connectivity index (χ1v) is 14.4. The van der Waals surface area contributed by atoms with Crippen molar-refractivity contribution in [1.82, 2.24) is 9.97 Å². The zero-order valence-corrected chi connectivity index (χ0v) is 22.2. The van der Waals surface area contributed by atoms with E-state index in [9.17, 15) is 8.42 Å². The van der Waals surface area contributed by atoms with Crippen LogP contribution in [0.3, 0.4) is 0 Å². The topological polar surface area (TPSA) is 110 Å². The minimum Gasteiger partial charge on any atom is -0.351 e. The highest BCUT2D eigenvalue weighted by Gasteiger charge is 2.20. The normalized spacial score (nSPS) is 18.0. The van der Waals surface area contributed by atoms with Gasteiger partial charge in [-0.1, -0.05) is 42.8 Å². The van der Waals surface area contributed by atoms with Crippen LogP contribution in [0.1, 0.15) is 38.2 Å². The molecular weight excluding hydrogens is 506 g/mol. The van der Waals surface area contributed by atoms with Crippen molar-refractivity contribution in [2.75, 3.05) is 10.0 Å². The van der Waals surface area contributed by atoms with Gasteiger partial charge in [-0.2, -0.15) is 0 Å². The fourth-order valence-electron chi connectivity index (χ4n) is 4.77. The van der Waals surface area contributed by atoms with Crippen LogP contribution < -0.4 is 15.8 Å². The number of nitrogens with zero attached hydrogens (tertiary/aromatic N) is 2. The lowest BCUT2D eigenvalue weighted by atomic mass is 9.92. The zero-order valence-electron chi connectivity index (χ0n) is 20.6. The smallest absolute Gasteiger partial charge is 0.263 e. The highest BCUT2D eigenvalue weighted by molar-refractivity contribution is 7.92. The highest BCUT2D eigenvalue weighted by Crippen LogP contribution is 2.30. The fraction of sp³-hybridized carbons (Fsp3) is 0.286. The standard InChI is InChI=1S/C28H30ClN5O2S/c1-2-18-15-20(16-21-17-31-28(33-27(18)21)32-23-13-9-22(30)10-14-23)19-7-11-24(12-8-19)34-37(35,36)26-6-4-3-5-25(26)29/h3-8,11-12,15-17,22-23,34H,2,9-10,13-14,30H2,1H3,(H,31,32,33). The molecule has 0 bridgehead atoms. The van der Waals surface area contributed by atoms with Crippen molar-refractivity contribution in [2.45, 2.75) is 56.0 Å². The summed E-state index contributed by atoms with van der Waals surface area (Å²) in [6, 6.07) is 18.5. The molecule has 0 unspecified atom stereocenters. The Morgan fingerprint density at radius 1 is 1.00 bits per heavy atom. The fourth-order valence-corrected chi connectivity index (χ4v) is 6.35. The number of aromatic nitrogens is 2. The molecular formula is C28H30ClN5O2S. The highest BCUT2D eigenvalue weighted by atomic mass is 35.5. The van der Waals surface area contributed by atoms with Crippen LogP contribution in [0.5, 0.6) is 0 Å². The lowest BCUT2D eigenvalue weighted by Crippen LogP contribution is -2.33. The lowest BCUT2D eigenvalue weighted by Gasteiger charge is -2.26. The molecule has 1 aliphatic rings. The molecule has 1 heterocycles. The Labute approximate surface area is 222 Å². The summed E-state index contributed by atoms with van der Waals surface area (Å²) in [5.41, 5.74) is 10.6. The summed E-state index contributed by atoms with van der Waals surface area (Å²) in [6.45, 7) is 2.11. The number of halogens is 1. The van der Waals surface area contributed by atoms with Gasteiger partial charge in [-0.25, -0.2) is 18.4 Å². The van der Waals surface area contributed by atoms with E-state index < -0.39 is 10.0 Å². The van der Waals surface area contributed by atoms with Crippen molar-refractivity contribution in [3.63, 3.8) is 0 Å². The van der Waals surface area contributed by atoms with Crippen LogP contribution >= 0.6 is 11.6 Å². The van der Waals surface area contributed by atoms with Gasteiger partial charge in [0.25, 0.3) is 10.0 Å². The van der Waals surface area contributed by atoms with E-state index in [-0.39, 0.29) is 9.92 Å². The van der Waals surface area contributed by atoms with Gasteiger partial charge in [0.05, 0.1) is 10.5 Å². The Kier molecular flexibility index (Phi) is 7.33. The average molecular weight is 536 g/mol. The van der Waals surface area contributed by atoms with Gasteiger partial charge in [0.1, 0.15) is 4.90 Å². The molecule has 192 valence electrons. The van der Waals surface area contributed by atoms with E-state index in [0.29, 0.717) is 23.7 Å². The first-order valence-electron chi connectivity index (χ1n) is 12.5. The van der Waals surface area contributed by atoms with Gasteiger partial charge in [0.15, 0.2) is 0 Å². The van der Waals surface area contributed by atoms with Crippen molar-refractivity contribution in [3.05, 3.63) is 77.4 Å². The molecule has 1 saturated carbocycles. The van der Waals surface area contributed by atoms with Crippen molar-refractivity contribution < 1.29 is 8.42 Å². The summed E-state index contributed by atoms with van der Waals surface area (Å²) in [7, 11) is -3.79. The molecule has 1 fully saturated rings. The molecule has 9 heteroatoms. The van der Waals surface area contributed by atoms with E-state index in [2.05, 4.69) is 34.1 Å². The van der Waals surface area contributed by atoms with E-state index in [0.717, 1.165) is 59.7 Å². The van der Waals surface area contributed by atoms with Crippen LogP contribution in [0.4, 0.5) is 11.6 Å². The largest absolute Gasteiger partial charge is 0.351 e. The molecule has 3 aromatic carbocycles. The number of benzene rings is 3. The summed E-state index contributed by atoms with van der Waals surface area (Å²) < 4.78 is 28.1. The third-order valence-corrected chi connectivity index (χ3v) is 8.73. The van der Waals surface area contributed by atoms with E-state index in [1.54, 1.807) is 30.3 Å². The number of hydrogen-bond acceptors (Lipinski definition) is 6. The van der Waals surface area contributed by atoms with Crippen LogP contribution in [0.15, 0.2) is 71.8 Å². The Bertz CT molecular complexity index is 1520. The molecule has 0 saturated heterocycles. The minimum atomic E-state index is -3.79. The molecule has 0 atom stereocenters. The number of aryl methyl sites for hydroxylation is 1. The van der Waals surface area contributed by atoms with Crippen molar-refractivity contribution >= 4 is 44.2 Å². The van der Waals surface area contributed by atoms with Crippen LogP contribution in [0.25, 0.3) is 22.0 Å². The summed E-state index contributed by atoms with van der Waals surface area (Å²) in [5, 5.41) is 4.63. The molecule has 0 aliphatic heterocycles. The van der Waals surface area contributed by atoms with Crippen LogP contribution in [-0.4, -0.2) is 30.5 Å². The second-order valence-corrected chi connectivity index (χ2v) is 11.5. The lowest BCUT2D eigenvalue weighted by molar-refractivity contribution is 0.410. The quantitative estimate of drug-likeness (QED) is 0.268.